The summed E-state index contributed by atoms with van der Waals surface area (Å²) in [4.78, 5) is 13.5. The Morgan fingerprint density at radius 2 is 1.72 bits per heavy atom. The zero-order valence-electron chi connectivity index (χ0n) is 20.2. The molecular weight excluding hydrogens is 403 g/mol. The third-order valence-corrected chi connectivity index (χ3v) is 4.61. The van der Waals surface area contributed by atoms with Gasteiger partial charge in [-0.05, 0) is 56.4 Å². The molecule has 0 aliphatic carbocycles. The van der Waals surface area contributed by atoms with Crippen LogP contribution in [0.2, 0.25) is 0 Å². The Labute approximate surface area is 190 Å². The monoisotopic (exact) mass is 436 g/mol. The van der Waals surface area contributed by atoms with Crippen LogP contribution >= 0.6 is 0 Å². The molecule has 0 spiro atoms. The Bertz CT molecular complexity index is 1180. The number of nitrogens with one attached hydrogen (secondary N) is 2. The van der Waals surface area contributed by atoms with Gasteiger partial charge in [0.25, 0.3) is 0 Å². The van der Waals surface area contributed by atoms with Gasteiger partial charge in [-0.2, -0.15) is 19.6 Å². The van der Waals surface area contributed by atoms with Crippen LogP contribution in [-0.4, -0.2) is 55.2 Å². The van der Waals surface area contributed by atoms with E-state index in [9.17, 15) is 0 Å². The van der Waals surface area contributed by atoms with Crippen LogP contribution in [0.5, 0.6) is 0 Å². The van der Waals surface area contributed by atoms with Crippen LogP contribution in [0.1, 0.15) is 44.6 Å². The van der Waals surface area contributed by atoms with Crippen LogP contribution in [-0.2, 0) is 13.6 Å². The third kappa shape index (κ3) is 5.56. The van der Waals surface area contributed by atoms with Crippen molar-refractivity contribution in [2.45, 2.75) is 54.2 Å². The van der Waals surface area contributed by atoms with Crippen LogP contribution < -0.4 is 16.1 Å². The van der Waals surface area contributed by atoms with Crippen LogP contribution in [0.15, 0.2) is 18.3 Å². The fraction of sp³-hybridized carbons (Fsp3) is 0.455. The molecule has 2 radical (unpaired) electrons. The Morgan fingerprint density at radius 3 is 2.34 bits per heavy atom. The van der Waals surface area contributed by atoms with E-state index < -0.39 is 0 Å². The maximum atomic E-state index is 8.06. The number of nitrogens with zero attached hydrogens (tertiary/aromatic N) is 6. The third-order valence-electron chi connectivity index (χ3n) is 4.61. The van der Waals surface area contributed by atoms with E-state index in [1.54, 1.807) is 31.6 Å². The topological polar surface area (TPSA) is 105 Å². The summed E-state index contributed by atoms with van der Waals surface area (Å²) in [6.07, 6.45) is 1.40. The largest absolute Gasteiger partial charge is 0.394 e. The first-order chi connectivity index (χ1) is 15.2. The van der Waals surface area contributed by atoms with Crippen molar-refractivity contribution < 1.29 is 5.11 Å². The fourth-order valence-corrected chi connectivity index (χ4v) is 2.93. The molecule has 3 aromatic heterocycles. The quantitative estimate of drug-likeness (QED) is 0.422. The summed E-state index contributed by atoms with van der Waals surface area (Å²) in [6, 6.07) is 4.28. The summed E-state index contributed by atoms with van der Waals surface area (Å²) >= 11 is 0. The highest BCUT2D eigenvalue weighted by atomic mass is 16.3. The first-order valence-corrected chi connectivity index (χ1v) is 10.7. The lowest BCUT2D eigenvalue weighted by atomic mass is 10.0. The second-order valence-electron chi connectivity index (χ2n) is 7.42. The lowest BCUT2D eigenvalue weighted by Crippen LogP contribution is -2.14. The number of anilines is 2. The molecule has 4 rings (SSSR count). The summed E-state index contributed by atoms with van der Waals surface area (Å²) in [6.45, 7) is 12.2. The van der Waals surface area contributed by atoms with Crippen LogP contribution in [0.4, 0.5) is 11.9 Å². The van der Waals surface area contributed by atoms with E-state index in [-0.39, 0.29) is 6.10 Å². The van der Waals surface area contributed by atoms with Gasteiger partial charge in [-0.3, -0.25) is 0 Å². The van der Waals surface area contributed by atoms with Crippen molar-refractivity contribution in [2.75, 3.05) is 17.7 Å². The molecule has 32 heavy (non-hydrogen) atoms. The first-order valence-electron chi connectivity index (χ1n) is 10.7. The lowest BCUT2D eigenvalue weighted by Gasteiger charge is -2.09. The predicted molar refractivity (Wildman–Crippen MR) is 132 cm³/mol. The second-order valence-corrected chi connectivity index (χ2v) is 7.42. The summed E-state index contributed by atoms with van der Waals surface area (Å²) < 4.78 is 3.68. The van der Waals surface area contributed by atoms with Gasteiger partial charge in [-0.25, -0.2) is 4.98 Å². The summed E-state index contributed by atoms with van der Waals surface area (Å²) in [5, 5.41) is 18.5. The molecule has 0 amide bonds. The van der Waals surface area contributed by atoms with Crippen molar-refractivity contribution in [2.24, 2.45) is 7.05 Å². The highest BCUT2D eigenvalue weighted by Crippen LogP contribution is 2.20. The maximum Gasteiger partial charge on any atom is 0.229 e. The average Bonchev–Trinajstić information content (AvgIpc) is 3.28. The molecule has 9 nitrogen and oxygen atoms in total. The molecule has 0 atom stereocenters. The van der Waals surface area contributed by atoms with Crippen molar-refractivity contribution >= 4 is 41.9 Å². The van der Waals surface area contributed by atoms with Crippen molar-refractivity contribution in [3.05, 3.63) is 35.3 Å². The van der Waals surface area contributed by atoms with Gasteiger partial charge in [0.15, 0.2) is 5.65 Å². The van der Waals surface area contributed by atoms with E-state index in [2.05, 4.69) is 56.2 Å². The summed E-state index contributed by atoms with van der Waals surface area (Å²) in [5.74, 6) is 1.93. The van der Waals surface area contributed by atoms with E-state index in [0.29, 0.717) is 29.6 Å². The van der Waals surface area contributed by atoms with Crippen molar-refractivity contribution in [1.29, 1.82) is 0 Å². The minimum atomic E-state index is -0.167. The molecule has 4 aromatic rings. The van der Waals surface area contributed by atoms with Gasteiger partial charge in [0.2, 0.25) is 11.9 Å². The van der Waals surface area contributed by atoms with Gasteiger partial charge < -0.3 is 20.3 Å². The van der Waals surface area contributed by atoms with E-state index in [4.69, 9.17) is 17.9 Å². The van der Waals surface area contributed by atoms with Crippen LogP contribution in [0.3, 0.4) is 0 Å². The zero-order chi connectivity index (χ0) is 24.0. The number of imidazole rings is 1. The molecular formula is C22H33BN8O. The number of rotatable bonds is 4. The molecule has 1 aromatic carbocycles. The Hall–Kier alpha value is -3.14. The van der Waals surface area contributed by atoms with Crippen molar-refractivity contribution in [3.63, 3.8) is 0 Å². The lowest BCUT2D eigenvalue weighted by molar-refractivity contribution is 0.216. The van der Waals surface area contributed by atoms with Crippen molar-refractivity contribution in [1.82, 2.24) is 29.1 Å². The number of aryl methyl sites for hydroxylation is 3. The molecule has 0 aliphatic rings. The smallest absolute Gasteiger partial charge is 0.229 e. The van der Waals surface area contributed by atoms with Crippen LogP contribution in [0.25, 0.3) is 16.7 Å². The fourth-order valence-electron chi connectivity index (χ4n) is 2.93. The normalized spacial score (nSPS) is 10.6. The molecule has 0 aliphatic heterocycles. The molecule has 0 bridgehead atoms. The van der Waals surface area contributed by atoms with E-state index >= 15 is 0 Å². The Morgan fingerprint density at radius 1 is 1.09 bits per heavy atom. The second kappa shape index (κ2) is 10.9. The molecule has 3 N–H and O–H groups in total. The molecule has 10 heteroatoms. The number of fused-ring (bicyclic) bond motifs is 2. The van der Waals surface area contributed by atoms with Gasteiger partial charge in [-0.1, -0.05) is 13.8 Å². The van der Waals surface area contributed by atoms with E-state index in [1.807, 2.05) is 20.9 Å². The summed E-state index contributed by atoms with van der Waals surface area (Å²) in [7, 11) is 9.71. The van der Waals surface area contributed by atoms with Crippen molar-refractivity contribution in [3.8, 4) is 0 Å². The van der Waals surface area contributed by atoms with Gasteiger partial charge in [0.1, 0.15) is 13.7 Å². The van der Waals surface area contributed by atoms with Gasteiger partial charge >= 0.3 is 0 Å². The van der Waals surface area contributed by atoms with Crippen LogP contribution in [0, 0.1) is 13.8 Å². The summed E-state index contributed by atoms with van der Waals surface area (Å²) in [5.41, 5.74) is 5.64. The average molecular weight is 436 g/mol. The van der Waals surface area contributed by atoms with E-state index in [1.165, 1.54) is 11.1 Å². The van der Waals surface area contributed by atoms with Gasteiger partial charge in [0, 0.05) is 26.4 Å². The molecule has 0 fully saturated rings. The number of hydrogen-bond acceptors (Lipinski definition) is 7. The number of aromatic nitrogens is 6. The highest BCUT2D eigenvalue weighted by molar-refractivity contribution is 6.36. The Kier molecular flexibility index (Phi) is 8.59. The number of aliphatic hydroxyl groups excluding tert-OH is 1. The molecule has 3 heterocycles. The zero-order valence-corrected chi connectivity index (χ0v) is 20.2. The van der Waals surface area contributed by atoms with Gasteiger partial charge in [-0.15, -0.1) is 0 Å². The van der Waals surface area contributed by atoms with Gasteiger partial charge in [0.05, 0.1) is 17.6 Å². The highest BCUT2D eigenvalue weighted by Gasteiger charge is 2.13. The number of hydrogen-bond donors (Lipinski definition) is 3. The predicted octanol–water partition coefficient (Wildman–Crippen LogP) is 2.49. The molecule has 0 saturated carbocycles. The standard InChI is InChI=1S/C17H19BN8.C3H8O.C2H6/c1-9-5-12-13(6-10(9)2)25(4)14(22-12)8-20-17-24-16(19-3)23-15-11(18)7-21-26(15)17;1-3(2)4;1-2/h5-7H,8H2,1-4H3,(H2,19,20,23,24);3-4H,1-2H3;1-2H3. The minimum absolute atomic E-state index is 0.167. The Balaban J connectivity index is 0.000000547. The number of benzene rings is 1. The maximum absolute atomic E-state index is 8.06. The molecule has 170 valence electrons. The molecule has 0 saturated heterocycles. The minimum Gasteiger partial charge on any atom is -0.394 e. The van der Waals surface area contributed by atoms with E-state index in [0.717, 1.165) is 16.9 Å². The number of aliphatic hydroxyl groups is 1. The molecule has 0 unspecified atom stereocenters. The first kappa shape index (κ1) is 25.1. The SMILES string of the molecule is CC.CC(C)O.[B]c1cnn2c(NCc3nc4cc(C)c(C)cc4n3C)nc(NC)nc12.